The molecule has 2 N–H and O–H groups in total. The van der Waals surface area contributed by atoms with Crippen molar-refractivity contribution in [2.45, 2.75) is 6.17 Å². The molecule has 0 aromatic heterocycles. The fraction of sp³-hybridized carbons (Fsp3) is 0.160. The van der Waals surface area contributed by atoms with Crippen molar-refractivity contribution in [3.63, 3.8) is 0 Å². The highest BCUT2D eigenvalue weighted by Crippen LogP contribution is 2.31. The van der Waals surface area contributed by atoms with Gasteiger partial charge in [-0.2, -0.15) is 0 Å². The van der Waals surface area contributed by atoms with Gasteiger partial charge in [-0.3, -0.25) is 4.79 Å². The third-order valence-electron chi connectivity index (χ3n) is 5.37. The van der Waals surface area contributed by atoms with Crippen molar-refractivity contribution >= 4 is 51.9 Å². The van der Waals surface area contributed by atoms with Crippen LogP contribution < -0.4 is 25.0 Å². The number of nitrogens with zero attached hydrogens (tertiary/aromatic N) is 2. The zero-order valence-electron chi connectivity index (χ0n) is 18.8. The number of anilines is 2. The number of aliphatic imine (C=N–C) groups is 1. The molecule has 0 radical (unpaired) electrons. The molecule has 0 saturated carbocycles. The van der Waals surface area contributed by atoms with Gasteiger partial charge in [-0.25, -0.2) is 4.99 Å². The van der Waals surface area contributed by atoms with Gasteiger partial charge in [0.05, 0.1) is 31.3 Å². The molecule has 1 amide bonds. The normalized spacial score (nSPS) is 15.1. The topological polar surface area (TPSA) is 75.2 Å². The molecule has 4 rings (SSSR count). The van der Waals surface area contributed by atoms with E-state index in [4.69, 9.17) is 38.3 Å². The van der Waals surface area contributed by atoms with E-state index in [0.717, 1.165) is 11.1 Å². The van der Waals surface area contributed by atoms with Crippen molar-refractivity contribution in [2.24, 2.45) is 4.99 Å². The molecule has 9 heteroatoms. The molecule has 7 nitrogen and oxygen atoms in total. The van der Waals surface area contributed by atoms with Crippen LogP contribution in [0.1, 0.15) is 11.1 Å². The zero-order valence-corrected chi connectivity index (χ0v) is 20.4. The van der Waals surface area contributed by atoms with E-state index in [9.17, 15) is 4.79 Å². The minimum atomic E-state index is -0.962. The van der Waals surface area contributed by atoms with Gasteiger partial charge in [-0.1, -0.05) is 41.9 Å². The molecular formula is C25H23ClN4O3S. The van der Waals surface area contributed by atoms with Crippen molar-refractivity contribution in [3.05, 3.63) is 82.9 Å². The SMILES string of the molecule is COc1ccc(NC(=S)NC2N=C(c3ccccc3)c3cc(Cl)ccc3N(C)C2=O)c(OC)c1. The van der Waals surface area contributed by atoms with Crippen LogP contribution in [0.4, 0.5) is 11.4 Å². The Balaban J connectivity index is 1.68. The lowest BCUT2D eigenvalue weighted by atomic mass is 10.0. The Morgan fingerprint density at radius 1 is 1.06 bits per heavy atom. The number of benzodiazepines with no additional fused rings is 1. The number of thiocarbonyl (C=S) groups is 1. The number of carbonyl (C=O) groups excluding carboxylic acids is 1. The van der Waals surface area contributed by atoms with Gasteiger partial charge in [0.25, 0.3) is 5.91 Å². The quantitative estimate of drug-likeness (QED) is 0.509. The standard InChI is InChI=1S/C25H23ClN4O3S/c1-30-20-12-9-16(26)13-18(20)22(15-7-5-4-6-8-15)28-23(24(30)31)29-25(34)27-19-11-10-17(32-2)14-21(19)33-3/h4-14,23H,1-3H3,(H2,27,29,34). The second-order valence-electron chi connectivity index (χ2n) is 7.47. The summed E-state index contributed by atoms with van der Waals surface area (Å²) < 4.78 is 10.7. The monoisotopic (exact) mass is 494 g/mol. The second-order valence-corrected chi connectivity index (χ2v) is 8.31. The smallest absolute Gasteiger partial charge is 0.272 e. The maximum Gasteiger partial charge on any atom is 0.272 e. The maximum absolute atomic E-state index is 13.4. The van der Waals surface area contributed by atoms with Crippen LogP contribution in [0.3, 0.4) is 0 Å². The molecule has 0 spiro atoms. The molecule has 0 fully saturated rings. The number of halogens is 1. The first-order valence-electron chi connectivity index (χ1n) is 10.4. The fourth-order valence-corrected chi connectivity index (χ4v) is 4.04. The predicted molar refractivity (Wildman–Crippen MR) is 140 cm³/mol. The molecule has 1 aliphatic heterocycles. The molecule has 1 atom stereocenters. The van der Waals surface area contributed by atoms with E-state index in [1.165, 1.54) is 0 Å². The number of hydrogen-bond donors (Lipinski definition) is 2. The van der Waals surface area contributed by atoms with Gasteiger partial charge < -0.3 is 25.0 Å². The van der Waals surface area contributed by atoms with Gasteiger partial charge in [0.2, 0.25) is 6.17 Å². The van der Waals surface area contributed by atoms with Crippen LogP contribution in [-0.4, -0.2) is 44.2 Å². The minimum absolute atomic E-state index is 0.218. The molecule has 174 valence electrons. The number of methoxy groups -OCH3 is 2. The number of rotatable bonds is 5. The first-order chi connectivity index (χ1) is 16.4. The average Bonchev–Trinajstić information content (AvgIpc) is 2.95. The van der Waals surface area contributed by atoms with Gasteiger partial charge in [-0.15, -0.1) is 0 Å². The predicted octanol–water partition coefficient (Wildman–Crippen LogP) is 4.48. The number of hydrogen-bond acceptors (Lipinski definition) is 5. The Kier molecular flexibility index (Phi) is 7.00. The van der Waals surface area contributed by atoms with Crippen LogP contribution in [0, 0.1) is 0 Å². The van der Waals surface area contributed by atoms with Crippen molar-refractivity contribution in [1.29, 1.82) is 0 Å². The lowest BCUT2D eigenvalue weighted by Gasteiger charge is -2.22. The zero-order chi connectivity index (χ0) is 24.2. The van der Waals surface area contributed by atoms with E-state index in [-0.39, 0.29) is 11.0 Å². The van der Waals surface area contributed by atoms with Crippen LogP contribution in [0.2, 0.25) is 5.02 Å². The third-order valence-corrected chi connectivity index (χ3v) is 5.82. The van der Waals surface area contributed by atoms with E-state index >= 15 is 0 Å². The van der Waals surface area contributed by atoms with Crippen molar-refractivity contribution < 1.29 is 14.3 Å². The number of ether oxygens (including phenoxy) is 2. The average molecular weight is 495 g/mol. The summed E-state index contributed by atoms with van der Waals surface area (Å²) in [7, 11) is 4.84. The highest BCUT2D eigenvalue weighted by atomic mass is 35.5. The minimum Gasteiger partial charge on any atom is -0.497 e. The van der Waals surface area contributed by atoms with Crippen molar-refractivity contribution in [3.8, 4) is 11.5 Å². The Morgan fingerprint density at radius 2 is 1.82 bits per heavy atom. The molecule has 3 aromatic rings. The number of fused-ring (bicyclic) bond motifs is 1. The molecule has 0 saturated heterocycles. The summed E-state index contributed by atoms with van der Waals surface area (Å²) in [5, 5.41) is 6.89. The van der Waals surface area contributed by atoms with Crippen molar-refractivity contribution in [2.75, 3.05) is 31.5 Å². The Morgan fingerprint density at radius 3 is 2.53 bits per heavy atom. The molecule has 1 aliphatic rings. The lowest BCUT2D eigenvalue weighted by molar-refractivity contribution is -0.119. The van der Waals surface area contributed by atoms with Gasteiger partial charge >= 0.3 is 0 Å². The highest BCUT2D eigenvalue weighted by molar-refractivity contribution is 7.80. The largest absolute Gasteiger partial charge is 0.497 e. The summed E-state index contributed by atoms with van der Waals surface area (Å²) in [6.07, 6.45) is -0.962. The number of benzene rings is 3. The highest BCUT2D eigenvalue weighted by Gasteiger charge is 2.30. The maximum atomic E-state index is 13.4. The van der Waals surface area contributed by atoms with Crippen LogP contribution in [-0.2, 0) is 4.79 Å². The number of nitrogens with one attached hydrogen (secondary N) is 2. The Hall–Kier alpha value is -3.62. The first kappa shape index (κ1) is 23.5. The summed E-state index contributed by atoms with van der Waals surface area (Å²) in [4.78, 5) is 19.7. The van der Waals surface area contributed by atoms with Gasteiger partial charge in [-0.05, 0) is 42.5 Å². The molecule has 3 aromatic carbocycles. The summed E-state index contributed by atoms with van der Waals surface area (Å²) in [5.41, 5.74) is 3.58. The van der Waals surface area contributed by atoms with Crippen LogP contribution in [0.15, 0.2) is 71.7 Å². The van der Waals surface area contributed by atoms with Crippen LogP contribution in [0.5, 0.6) is 11.5 Å². The Labute approximate surface area is 208 Å². The van der Waals surface area contributed by atoms with Gasteiger partial charge in [0.1, 0.15) is 11.5 Å². The fourth-order valence-electron chi connectivity index (χ4n) is 3.65. The first-order valence-corrected chi connectivity index (χ1v) is 11.2. The third kappa shape index (κ3) is 4.83. The summed E-state index contributed by atoms with van der Waals surface area (Å²) in [6.45, 7) is 0. The molecule has 1 unspecified atom stereocenters. The Bertz CT molecular complexity index is 1270. The van der Waals surface area contributed by atoms with E-state index in [2.05, 4.69) is 10.6 Å². The summed E-state index contributed by atoms with van der Waals surface area (Å²) in [6, 6.07) is 20.3. The molecule has 0 aliphatic carbocycles. The van der Waals surface area contributed by atoms with E-state index in [1.54, 1.807) is 50.4 Å². The summed E-state index contributed by atoms with van der Waals surface area (Å²) in [5.74, 6) is 0.930. The molecular weight excluding hydrogens is 472 g/mol. The molecule has 1 heterocycles. The lowest BCUT2D eigenvalue weighted by Crippen LogP contribution is -2.47. The molecule has 34 heavy (non-hydrogen) atoms. The van der Waals surface area contributed by atoms with Crippen molar-refractivity contribution in [1.82, 2.24) is 5.32 Å². The van der Waals surface area contributed by atoms with E-state index in [0.29, 0.717) is 33.6 Å². The molecule has 0 bridgehead atoms. The van der Waals surface area contributed by atoms with Gasteiger partial charge in [0, 0.05) is 29.3 Å². The van der Waals surface area contributed by atoms with Gasteiger partial charge in [0.15, 0.2) is 5.11 Å². The number of carbonyl (C=O) groups is 1. The van der Waals surface area contributed by atoms with Crippen LogP contribution >= 0.6 is 23.8 Å². The van der Waals surface area contributed by atoms with E-state index in [1.807, 2.05) is 42.5 Å². The number of amides is 1. The van der Waals surface area contributed by atoms with E-state index < -0.39 is 6.17 Å². The summed E-state index contributed by atoms with van der Waals surface area (Å²) >= 11 is 11.8. The van der Waals surface area contributed by atoms with Crippen LogP contribution in [0.25, 0.3) is 0 Å². The number of likely N-dealkylation sites (N-methyl/N-ethyl adjacent to an activating group) is 1. The second kappa shape index (κ2) is 10.1.